The lowest BCUT2D eigenvalue weighted by Gasteiger charge is -2.29. The van der Waals surface area contributed by atoms with Crippen molar-refractivity contribution in [1.29, 1.82) is 0 Å². The molecular formula is C8H16O5Si. The monoisotopic (exact) mass is 220 g/mol. The number of hydrogen-bond donors (Lipinski definition) is 0. The first-order valence-corrected chi connectivity index (χ1v) is 5.85. The van der Waals surface area contributed by atoms with E-state index in [9.17, 15) is 4.79 Å². The average Bonchev–Trinajstić information content (AvgIpc) is 2.21. The largest absolute Gasteiger partial charge is 0.543 e. The summed E-state index contributed by atoms with van der Waals surface area (Å²) in [5, 5.41) is 0. The summed E-state index contributed by atoms with van der Waals surface area (Å²) in [6.45, 7) is 4.95. The fourth-order valence-electron chi connectivity index (χ4n) is 1.04. The molecular weight excluding hydrogens is 204 g/mol. The van der Waals surface area contributed by atoms with Crippen molar-refractivity contribution in [2.75, 3.05) is 21.3 Å². The first kappa shape index (κ1) is 13.3. The van der Waals surface area contributed by atoms with E-state index in [2.05, 4.69) is 6.58 Å². The molecule has 0 aliphatic heterocycles. The van der Waals surface area contributed by atoms with Gasteiger partial charge in [0.05, 0.1) is 0 Å². The van der Waals surface area contributed by atoms with Gasteiger partial charge >= 0.3 is 14.8 Å². The van der Waals surface area contributed by atoms with Crippen molar-refractivity contribution in [3.8, 4) is 0 Å². The van der Waals surface area contributed by atoms with Crippen molar-refractivity contribution in [3.05, 3.63) is 12.7 Å². The van der Waals surface area contributed by atoms with Gasteiger partial charge in [0, 0.05) is 27.4 Å². The van der Waals surface area contributed by atoms with E-state index < -0.39 is 20.5 Å². The van der Waals surface area contributed by atoms with Gasteiger partial charge in [-0.15, -0.1) is 0 Å². The normalized spacial score (nSPS) is 13.4. The van der Waals surface area contributed by atoms with Gasteiger partial charge in [0.1, 0.15) is 0 Å². The minimum atomic E-state index is -2.89. The lowest BCUT2D eigenvalue weighted by atomic mass is 10.6. The molecule has 0 aliphatic carbocycles. The Morgan fingerprint density at radius 3 is 2.00 bits per heavy atom. The number of hydrogen-bond acceptors (Lipinski definition) is 5. The molecule has 6 heteroatoms. The summed E-state index contributed by atoms with van der Waals surface area (Å²) >= 11 is 0. The highest BCUT2D eigenvalue weighted by molar-refractivity contribution is 6.62. The van der Waals surface area contributed by atoms with Crippen LogP contribution in [-0.4, -0.2) is 41.8 Å². The average molecular weight is 220 g/mol. The maximum absolute atomic E-state index is 10.9. The fourth-order valence-corrected chi connectivity index (χ4v) is 2.80. The predicted octanol–water partition coefficient (Wildman–Crippen LogP) is 0.521. The molecule has 0 radical (unpaired) electrons. The van der Waals surface area contributed by atoms with Gasteiger partial charge < -0.3 is 18.0 Å². The van der Waals surface area contributed by atoms with Crippen LogP contribution < -0.4 is 0 Å². The van der Waals surface area contributed by atoms with Gasteiger partial charge in [-0.1, -0.05) is 6.58 Å². The van der Waals surface area contributed by atoms with Crippen molar-refractivity contribution in [2.24, 2.45) is 0 Å². The van der Waals surface area contributed by atoms with Crippen LogP contribution in [0.25, 0.3) is 0 Å². The Hall–Kier alpha value is -0.693. The number of carbonyl (C=O) groups excluding carboxylic acids is 1. The maximum Gasteiger partial charge on any atom is 0.543 e. The summed E-state index contributed by atoms with van der Waals surface area (Å²) in [6.07, 6.45) is 1.08. The van der Waals surface area contributed by atoms with Crippen molar-refractivity contribution < 1.29 is 22.8 Å². The molecule has 0 amide bonds. The van der Waals surface area contributed by atoms with Crippen LogP contribution in [0.5, 0.6) is 0 Å². The summed E-state index contributed by atoms with van der Waals surface area (Å²) in [7, 11) is 1.48. The second-order valence-electron chi connectivity index (χ2n) is 2.50. The second-order valence-corrected chi connectivity index (χ2v) is 5.74. The molecule has 0 N–H and O–H groups in total. The van der Waals surface area contributed by atoms with Crippen LogP contribution in [0.3, 0.4) is 0 Å². The molecule has 5 nitrogen and oxygen atoms in total. The van der Waals surface area contributed by atoms with E-state index in [0.717, 1.165) is 6.08 Å². The summed E-state index contributed by atoms with van der Waals surface area (Å²) in [5.41, 5.74) is -0.562. The van der Waals surface area contributed by atoms with Gasteiger partial charge in [-0.3, -0.25) is 0 Å². The highest BCUT2D eigenvalue weighted by atomic mass is 28.4. The molecule has 0 fully saturated rings. The third-order valence-electron chi connectivity index (χ3n) is 1.81. The minimum absolute atomic E-state index is 0.527. The van der Waals surface area contributed by atoms with Crippen LogP contribution in [0.4, 0.5) is 0 Å². The van der Waals surface area contributed by atoms with E-state index in [1.165, 1.54) is 21.3 Å². The number of ether oxygens (including phenoxy) is 1. The fraction of sp³-hybridized carbons (Fsp3) is 0.625. The Labute approximate surface area is 85.0 Å². The van der Waals surface area contributed by atoms with Gasteiger partial charge in [-0.05, 0) is 6.92 Å². The van der Waals surface area contributed by atoms with Crippen molar-refractivity contribution in [3.63, 3.8) is 0 Å². The summed E-state index contributed by atoms with van der Waals surface area (Å²) < 4.78 is 20.3. The molecule has 0 saturated heterocycles. The van der Waals surface area contributed by atoms with E-state index in [1.807, 2.05) is 0 Å². The Morgan fingerprint density at radius 2 is 1.71 bits per heavy atom. The van der Waals surface area contributed by atoms with Crippen molar-refractivity contribution in [1.82, 2.24) is 0 Å². The maximum atomic E-state index is 10.9. The highest BCUT2D eigenvalue weighted by Crippen LogP contribution is 2.14. The van der Waals surface area contributed by atoms with E-state index in [-0.39, 0.29) is 0 Å². The second kappa shape index (κ2) is 5.92. The van der Waals surface area contributed by atoms with E-state index >= 15 is 0 Å². The van der Waals surface area contributed by atoms with Gasteiger partial charge in [-0.2, -0.15) is 0 Å². The zero-order chi connectivity index (χ0) is 11.2. The lowest BCUT2D eigenvalue weighted by molar-refractivity contribution is -0.141. The lowest BCUT2D eigenvalue weighted by Crippen LogP contribution is -2.54. The quantitative estimate of drug-likeness (QED) is 0.371. The summed E-state index contributed by atoms with van der Waals surface area (Å²) in [4.78, 5) is 10.9. The number of rotatable bonds is 6. The molecule has 0 aromatic carbocycles. The van der Waals surface area contributed by atoms with Crippen molar-refractivity contribution >= 4 is 14.8 Å². The van der Waals surface area contributed by atoms with Crippen LogP contribution >= 0.6 is 0 Å². The molecule has 0 aromatic heterocycles. The minimum Gasteiger partial charge on any atom is -0.455 e. The molecule has 0 heterocycles. The van der Waals surface area contributed by atoms with Gasteiger partial charge in [0.25, 0.3) is 0 Å². The van der Waals surface area contributed by atoms with Crippen LogP contribution in [0.2, 0.25) is 0 Å². The van der Waals surface area contributed by atoms with Crippen LogP contribution in [0, 0.1) is 0 Å². The molecule has 0 aromatic rings. The first-order chi connectivity index (χ1) is 6.56. The molecule has 1 unspecified atom stereocenters. The van der Waals surface area contributed by atoms with Crippen molar-refractivity contribution in [2.45, 2.75) is 12.7 Å². The standard InChI is InChI=1S/C8H16O5Si/c1-6-8(9)13-7(2)14(10-3,11-4)12-5/h6-7H,1H2,2-5H3. The Kier molecular flexibility index (Phi) is 5.62. The Balaban J connectivity index is 4.50. The van der Waals surface area contributed by atoms with E-state index in [1.54, 1.807) is 6.92 Å². The van der Waals surface area contributed by atoms with Crippen LogP contribution in [-0.2, 0) is 22.8 Å². The zero-order valence-corrected chi connectivity index (χ0v) is 9.90. The Bertz CT molecular complexity index is 194. The smallest absolute Gasteiger partial charge is 0.455 e. The molecule has 0 saturated carbocycles. The number of esters is 1. The van der Waals surface area contributed by atoms with Crippen LogP contribution in [0.15, 0.2) is 12.7 Å². The van der Waals surface area contributed by atoms with E-state index in [4.69, 9.17) is 18.0 Å². The molecule has 0 aliphatic rings. The van der Waals surface area contributed by atoms with Gasteiger partial charge in [0.2, 0.25) is 0 Å². The molecule has 14 heavy (non-hydrogen) atoms. The van der Waals surface area contributed by atoms with Gasteiger partial charge in [-0.25, -0.2) is 4.79 Å². The summed E-state index contributed by atoms with van der Waals surface area (Å²) in [6, 6.07) is 0. The topological polar surface area (TPSA) is 54.0 Å². The molecule has 0 bridgehead atoms. The molecule has 0 spiro atoms. The predicted molar refractivity (Wildman–Crippen MR) is 52.5 cm³/mol. The highest BCUT2D eigenvalue weighted by Gasteiger charge is 2.47. The molecule has 1 atom stereocenters. The first-order valence-electron chi connectivity index (χ1n) is 4.04. The Morgan fingerprint density at radius 1 is 1.29 bits per heavy atom. The third-order valence-corrected chi connectivity index (χ3v) is 4.63. The number of carbonyl (C=O) groups is 1. The van der Waals surface area contributed by atoms with E-state index in [0.29, 0.717) is 0 Å². The molecule has 0 rings (SSSR count). The zero-order valence-electron chi connectivity index (χ0n) is 8.90. The third kappa shape index (κ3) is 2.91. The summed E-state index contributed by atoms with van der Waals surface area (Å²) in [5.74, 6) is -0.527. The van der Waals surface area contributed by atoms with Gasteiger partial charge in [0.15, 0.2) is 5.73 Å². The van der Waals surface area contributed by atoms with Crippen LogP contribution in [0.1, 0.15) is 6.92 Å². The SMILES string of the molecule is C=CC(=O)OC(C)[Si](OC)(OC)OC. The molecule has 82 valence electrons.